The lowest BCUT2D eigenvalue weighted by Gasteiger charge is -2.15. The van der Waals surface area contributed by atoms with Crippen LogP contribution in [0.25, 0.3) is 11.1 Å². The molecular formula is C20H22O2. The molecule has 0 bridgehead atoms. The van der Waals surface area contributed by atoms with Crippen molar-refractivity contribution in [2.24, 2.45) is 0 Å². The molecule has 0 fully saturated rings. The molecule has 0 N–H and O–H groups in total. The topological polar surface area (TPSA) is 26.3 Å². The Morgan fingerprint density at radius 2 is 1.91 bits per heavy atom. The largest absolute Gasteiger partial charge is 0.493 e. The van der Waals surface area contributed by atoms with Crippen molar-refractivity contribution in [3.8, 4) is 16.9 Å². The number of aldehydes is 1. The highest BCUT2D eigenvalue weighted by atomic mass is 16.5. The van der Waals surface area contributed by atoms with Gasteiger partial charge in [0.05, 0.1) is 12.2 Å². The van der Waals surface area contributed by atoms with E-state index in [9.17, 15) is 4.79 Å². The second-order valence-corrected chi connectivity index (χ2v) is 5.23. The normalized spacial score (nSPS) is 10.2. The van der Waals surface area contributed by atoms with Gasteiger partial charge in [-0.1, -0.05) is 49.8 Å². The third-order valence-corrected chi connectivity index (χ3v) is 3.54. The van der Waals surface area contributed by atoms with Crippen LogP contribution in [0.1, 0.15) is 35.7 Å². The highest BCUT2D eigenvalue weighted by molar-refractivity contribution is 5.84. The Bertz CT molecular complexity index is 630. The summed E-state index contributed by atoms with van der Waals surface area (Å²) in [6.07, 6.45) is 5.44. The van der Waals surface area contributed by atoms with Crippen LogP contribution in [0, 0.1) is 0 Å². The standard InChI is InChI=1S/C20H22O2/c1-3-5-12-22-20-17(9-4-2)13-18(14-19(20)15-21)16-10-7-6-8-11-16/h4,6-8,10-11,13-15H,2-3,5,9,12H2,1H3. The van der Waals surface area contributed by atoms with Gasteiger partial charge in [-0.05, 0) is 41.7 Å². The fourth-order valence-electron chi connectivity index (χ4n) is 2.40. The lowest BCUT2D eigenvalue weighted by Crippen LogP contribution is -2.03. The van der Waals surface area contributed by atoms with Crippen LogP contribution in [0.15, 0.2) is 55.1 Å². The summed E-state index contributed by atoms with van der Waals surface area (Å²) in [4.78, 5) is 11.5. The van der Waals surface area contributed by atoms with E-state index in [0.717, 1.165) is 35.8 Å². The lowest BCUT2D eigenvalue weighted by molar-refractivity contribution is 0.111. The van der Waals surface area contributed by atoms with Crippen molar-refractivity contribution < 1.29 is 9.53 Å². The van der Waals surface area contributed by atoms with Gasteiger partial charge in [0.2, 0.25) is 0 Å². The molecule has 22 heavy (non-hydrogen) atoms. The summed E-state index contributed by atoms with van der Waals surface area (Å²) < 4.78 is 5.86. The van der Waals surface area contributed by atoms with Crippen LogP contribution in [-0.2, 0) is 6.42 Å². The first-order valence-electron chi connectivity index (χ1n) is 7.71. The smallest absolute Gasteiger partial charge is 0.153 e. The summed E-state index contributed by atoms with van der Waals surface area (Å²) in [6, 6.07) is 14.0. The van der Waals surface area contributed by atoms with Gasteiger partial charge in [-0.15, -0.1) is 6.58 Å². The summed E-state index contributed by atoms with van der Waals surface area (Å²) in [5, 5.41) is 0. The second kappa shape index (κ2) is 8.18. The number of allylic oxidation sites excluding steroid dienone is 1. The SMILES string of the molecule is C=CCc1cc(-c2ccccc2)cc(C=O)c1OCCCC. The molecule has 114 valence electrons. The van der Waals surface area contributed by atoms with E-state index >= 15 is 0 Å². The Morgan fingerprint density at radius 1 is 1.14 bits per heavy atom. The molecule has 0 atom stereocenters. The fraction of sp³-hybridized carbons (Fsp3) is 0.250. The Hall–Kier alpha value is -2.35. The van der Waals surface area contributed by atoms with Crippen LogP contribution in [0.3, 0.4) is 0 Å². The predicted octanol–water partition coefficient (Wildman–Crippen LogP) is 5.07. The van der Waals surface area contributed by atoms with E-state index in [1.807, 2.05) is 42.5 Å². The van der Waals surface area contributed by atoms with Crippen molar-refractivity contribution in [1.29, 1.82) is 0 Å². The maximum absolute atomic E-state index is 11.5. The molecule has 0 saturated carbocycles. The summed E-state index contributed by atoms with van der Waals surface area (Å²) in [6.45, 7) is 6.56. The third-order valence-electron chi connectivity index (χ3n) is 3.54. The molecule has 2 aromatic rings. The number of hydrogen-bond donors (Lipinski definition) is 0. The molecule has 0 unspecified atom stereocenters. The molecule has 2 rings (SSSR count). The molecule has 0 saturated heterocycles. The minimum Gasteiger partial charge on any atom is -0.493 e. The van der Waals surface area contributed by atoms with E-state index in [4.69, 9.17) is 4.74 Å². The van der Waals surface area contributed by atoms with Gasteiger partial charge in [-0.3, -0.25) is 4.79 Å². The van der Waals surface area contributed by atoms with E-state index in [1.54, 1.807) is 0 Å². The molecular weight excluding hydrogens is 272 g/mol. The highest BCUT2D eigenvalue weighted by Crippen LogP contribution is 2.31. The number of hydrogen-bond acceptors (Lipinski definition) is 2. The third kappa shape index (κ3) is 3.85. The van der Waals surface area contributed by atoms with Gasteiger partial charge < -0.3 is 4.74 Å². The zero-order chi connectivity index (χ0) is 15.8. The minimum atomic E-state index is 0.606. The fourth-order valence-corrected chi connectivity index (χ4v) is 2.40. The first kappa shape index (κ1) is 16.0. The summed E-state index contributed by atoms with van der Waals surface area (Å²) in [7, 11) is 0. The maximum Gasteiger partial charge on any atom is 0.153 e. The lowest BCUT2D eigenvalue weighted by atomic mass is 9.97. The quantitative estimate of drug-likeness (QED) is 0.386. The molecule has 2 heteroatoms. The van der Waals surface area contributed by atoms with Crippen LogP contribution in [0.5, 0.6) is 5.75 Å². The maximum atomic E-state index is 11.5. The van der Waals surface area contributed by atoms with Crippen molar-refractivity contribution in [3.63, 3.8) is 0 Å². The number of carbonyl (C=O) groups is 1. The summed E-state index contributed by atoms with van der Waals surface area (Å²) in [5.41, 5.74) is 3.74. The highest BCUT2D eigenvalue weighted by Gasteiger charge is 2.12. The Morgan fingerprint density at radius 3 is 2.55 bits per heavy atom. The van der Waals surface area contributed by atoms with E-state index < -0.39 is 0 Å². The van der Waals surface area contributed by atoms with E-state index in [2.05, 4.69) is 19.6 Å². The average molecular weight is 294 g/mol. The van der Waals surface area contributed by atoms with Gasteiger partial charge in [0.1, 0.15) is 5.75 Å². The predicted molar refractivity (Wildman–Crippen MR) is 91.6 cm³/mol. The Kier molecular flexibility index (Phi) is 5.96. The minimum absolute atomic E-state index is 0.606. The molecule has 0 radical (unpaired) electrons. The molecule has 0 aliphatic carbocycles. The van der Waals surface area contributed by atoms with Crippen molar-refractivity contribution in [3.05, 3.63) is 66.2 Å². The number of carbonyl (C=O) groups excluding carboxylic acids is 1. The number of unbranched alkanes of at least 4 members (excludes halogenated alkanes) is 1. The molecule has 0 aromatic heterocycles. The molecule has 2 nitrogen and oxygen atoms in total. The van der Waals surface area contributed by atoms with Crippen LogP contribution < -0.4 is 4.74 Å². The molecule has 0 spiro atoms. The van der Waals surface area contributed by atoms with Crippen molar-refractivity contribution >= 4 is 6.29 Å². The zero-order valence-electron chi connectivity index (χ0n) is 13.0. The van der Waals surface area contributed by atoms with Gasteiger partial charge in [0.25, 0.3) is 0 Å². The average Bonchev–Trinajstić information content (AvgIpc) is 2.57. The van der Waals surface area contributed by atoms with Crippen LogP contribution in [0.2, 0.25) is 0 Å². The van der Waals surface area contributed by atoms with Gasteiger partial charge in [-0.2, -0.15) is 0 Å². The van der Waals surface area contributed by atoms with Crippen LogP contribution in [-0.4, -0.2) is 12.9 Å². The van der Waals surface area contributed by atoms with E-state index in [1.165, 1.54) is 0 Å². The molecule has 2 aromatic carbocycles. The molecule has 0 aliphatic rings. The second-order valence-electron chi connectivity index (χ2n) is 5.23. The Balaban J connectivity index is 2.45. The van der Waals surface area contributed by atoms with Gasteiger partial charge >= 0.3 is 0 Å². The van der Waals surface area contributed by atoms with E-state index in [-0.39, 0.29) is 0 Å². The summed E-state index contributed by atoms with van der Waals surface area (Å²) in [5.74, 6) is 0.697. The van der Waals surface area contributed by atoms with Gasteiger partial charge in [-0.25, -0.2) is 0 Å². The number of benzene rings is 2. The van der Waals surface area contributed by atoms with Crippen LogP contribution >= 0.6 is 0 Å². The molecule has 0 heterocycles. The van der Waals surface area contributed by atoms with Crippen molar-refractivity contribution in [2.75, 3.05) is 6.61 Å². The van der Waals surface area contributed by atoms with Crippen molar-refractivity contribution in [1.82, 2.24) is 0 Å². The molecule has 0 aliphatic heterocycles. The summed E-state index contributed by atoms with van der Waals surface area (Å²) >= 11 is 0. The monoisotopic (exact) mass is 294 g/mol. The van der Waals surface area contributed by atoms with Crippen LogP contribution in [0.4, 0.5) is 0 Å². The number of ether oxygens (including phenoxy) is 1. The molecule has 0 amide bonds. The van der Waals surface area contributed by atoms with Gasteiger partial charge in [0, 0.05) is 0 Å². The zero-order valence-corrected chi connectivity index (χ0v) is 13.0. The Labute approximate surface area is 132 Å². The van der Waals surface area contributed by atoms with E-state index in [0.29, 0.717) is 24.3 Å². The first-order chi connectivity index (χ1) is 10.8. The first-order valence-corrected chi connectivity index (χ1v) is 7.71. The van der Waals surface area contributed by atoms with Crippen molar-refractivity contribution in [2.45, 2.75) is 26.2 Å². The van der Waals surface area contributed by atoms with Gasteiger partial charge in [0.15, 0.2) is 6.29 Å². The number of rotatable bonds is 8.